The lowest BCUT2D eigenvalue weighted by Crippen LogP contribution is -2.52. The number of morpholine rings is 1. The smallest absolute Gasteiger partial charge is 0.253 e. The predicted molar refractivity (Wildman–Crippen MR) is 125 cm³/mol. The first-order valence-corrected chi connectivity index (χ1v) is 11.7. The second-order valence-corrected chi connectivity index (χ2v) is 8.82. The van der Waals surface area contributed by atoms with Crippen LogP contribution in [0.15, 0.2) is 29.3 Å². The molecule has 2 N–H and O–H groups in total. The number of rotatable bonds is 7. The number of guanidine groups is 1. The summed E-state index contributed by atoms with van der Waals surface area (Å²) in [7, 11) is 1.80. The van der Waals surface area contributed by atoms with Crippen LogP contribution in [-0.4, -0.2) is 80.7 Å². The summed E-state index contributed by atoms with van der Waals surface area (Å²) in [5.74, 6) is 1.50. The summed E-state index contributed by atoms with van der Waals surface area (Å²) in [6.07, 6.45) is 3.46. The summed E-state index contributed by atoms with van der Waals surface area (Å²) in [6.45, 7) is 11.4. The molecular weight excluding hydrogens is 390 g/mol. The summed E-state index contributed by atoms with van der Waals surface area (Å²) in [4.78, 5) is 21.5. The molecule has 2 aliphatic rings. The minimum Gasteiger partial charge on any atom is -0.379 e. The van der Waals surface area contributed by atoms with Crippen LogP contribution in [0, 0.1) is 5.92 Å². The summed E-state index contributed by atoms with van der Waals surface area (Å²) < 4.78 is 5.50. The van der Waals surface area contributed by atoms with E-state index in [2.05, 4.69) is 34.4 Å². The summed E-state index contributed by atoms with van der Waals surface area (Å²) >= 11 is 0. The van der Waals surface area contributed by atoms with Crippen molar-refractivity contribution >= 4 is 11.9 Å². The van der Waals surface area contributed by atoms with Gasteiger partial charge in [0.25, 0.3) is 5.91 Å². The first-order valence-electron chi connectivity index (χ1n) is 11.7. The second kappa shape index (κ2) is 12.1. The van der Waals surface area contributed by atoms with E-state index in [1.807, 2.05) is 29.2 Å². The average molecular weight is 430 g/mol. The Labute approximate surface area is 187 Å². The van der Waals surface area contributed by atoms with Gasteiger partial charge in [-0.25, -0.2) is 0 Å². The van der Waals surface area contributed by atoms with E-state index in [4.69, 9.17) is 4.74 Å². The Bertz CT molecular complexity index is 707. The Morgan fingerprint density at radius 2 is 1.71 bits per heavy atom. The van der Waals surface area contributed by atoms with Crippen molar-refractivity contribution in [3.8, 4) is 0 Å². The summed E-state index contributed by atoms with van der Waals surface area (Å²) in [5.41, 5.74) is 1.91. The number of nitrogens with zero attached hydrogens (tertiary/aromatic N) is 3. The van der Waals surface area contributed by atoms with Crippen molar-refractivity contribution in [1.82, 2.24) is 20.4 Å². The van der Waals surface area contributed by atoms with Crippen LogP contribution in [0.4, 0.5) is 0 Å². The van der Waals surface area contributed by atoms with Gasteiger partial charge in [0, 0.05) is 57.9 Å². The van der Waals surface area contributed by atoms with Gasteiger partial charge in [0.15, 0.2) is 5.96 Å². The largest absolute Gasteiger partial charge is 0.379 e. The number of nitrogens with one attached hydrogen (secondary N) is 2. The Kier molecular flexibility index (Phi) is 9.15. The molecule has 1 aromatic carbocycles. The van der Waals surface area contributed by atoms with E-state index in [1.54, 1.807) is 7.05 Å². The van der Waals surface area contributed by atoms with E-state index in [0.29, 0.717) is 18.5 Å². The van der Waals surface area contributed by atoms with Gasteiger partial charge in [-0.05, 0) is 42.9 Å². The molecule has 2 saturated heterocycles. The molecule has 1 amide bonds. The molecule has 3 rings (SSSR count). The second-order valence-electron chi connectivity index (χ2n) is 8.82. The fraction of sp³-hybridized carbons (Fsp3) is 0.667. The monoisotopic (exact) mass is 429 g/mol. The standard InChI is InChI=1S/C24H39N5O2/c1-19(2)22(28-13-15-31-16-14-28)18-27-24(25-3)26-17-20-7-9-21(10-8-20)23(30)29-11-5-4-6-12-29/h7-10,19,22H,4-6,11-18H2,1-3H3,(H2,25,26,27). The van der Waals surface area contributed by atoms with Crippen molar-refractivity contribution in [1.29, 1.82) is 0 Å². The topological polar surface area (TPSA) is 69.2 Å². The van der Waals surface area contributed by atoms with Crippen LogP contribution in [0.25, 0.3) is 0 Å². The number of hydrogen-bond acceptors (Lipinski definition) is 4. The molecule has 7 heteroatoms. The first kappa shape index (κ1) is 23.5. The van der Waals surface area contributed by atoms with Crippen LogP contribution in [0.3, 0.4) is 0 Å². The molecule has 0 bridgehead atoms. The van der Waals surface area contributed by atoms with Crippen molar-refractivity contribution < 1.29 is 9.53 Å². The van der Waals surface area contributed by atoms with Gasteiger partial charge in [-0.3, -0.25) is 14.7 Å². The van der Waals surface area contributed by atoms with Gasteiger partial charge >= 0.3 is 0 Å². The molecule has 0 aliphatic carbocycles. The van der Waals surface area contributed by atoms with Gasteiger partial charge in [0.1, 0.15) is 0 Å². The molecule has 1 unspecified atom stereocenters. The van der Waals surface area contributed by atoms with Crippen LogP contribution >= 0.6 is 0 Å². The molecule has 172 valence electrons. The number of benzene rings is 1. The summed E-state index contributed by atoms with van der Waals surface area (Å²) in [6, 6.07) is 8.39. The summed E-state index contributed by atoms with van der Waals surface area (Å²) in [5, 5.41) is 6.88. The van der Waals surface area contributed by atoms with Crippen LogP contribution in [0.2, 0.25) is 0 Å². The Morgan fingerprint density at radius 1 is 1.03 bits per heavy atom. The highest BCUT2D eigenvalue weighted by Gasteiger charge is 2.24. The molecule has 2 heterocycles. The maximum atomic E-state index is 12.6. The third-order valence-electron chi connectivity index (χ3n) is 6.29. The lowest BCUT2D eigenvalue weighted by Gasteiger charge is -2.37. The van der Waals surface area contributed by atoms with E-state index in [0.717, 1.165) is 75.9 Å². The molecular formula is C24H39N5O2. The van der Waals surface area contributed by atoms with Crippen LogP contribution < -0.4 is 10.6 Å². The van der Waals surface area contributed by atoms with Crippen molar-refractivity contribution in [2.45, 2.75) is 45.7 Å². The normalized spacial score (nSPS) is 19.4. The predicted octanol–water partition coefficient (Wildman–Crippen LogP) is 2.33. The van der Waals surface area contributed by atoms with E-state index in [-0.39, 0.29) is 5.91 Å². The zero-order valence-corrected chi connectivity index (χ0v) is 19.4. The average Bonchev–Trinajstić information content (AvgIpc) is 2.82. The molecule has 1 atom stereocenters. The number of amides is 1. The van der Waals surface area contributed by atoms with Crippen LogP contribution in [0.1, 0.15) is 49.0 Å². The highest BCUT2D eigenvalue weighted by Crippen LogP contribution is 2.14. The third-order valence-corrected chi connectivity index (χ3v) is 6.29. The number of piperidine rings is 1. The lowest BCUT2D eigenvalue weighted by molar-refractivity contribution is 0.00752. The minimum atomic E-state index is 0.152. The Morgan fingerprint density at radius 3 is 2.32 bits per heavy atom. The van der Waals surface area contributed by atoms with Crippen LogP contribution in [0.5, 0.6) is 0 Å². The quantitative estimate of drug-likeness (QED) is 0.514. The molecule has 1 aromatic rings. The number of likely N-dealkylation sites (tertiary alicyclic amines) is 1. The molecule has 7 nitrogen and oxygen atoms in total. The SMILES string of the molecule is CN=C(NCc1ccc(C(=O)N2CCCCC2)cc1)NCC(C(C)C)N1CCOCC1. The van der Waals surface area contributed by atoms with Gasteiger partial charge in [-0.15, -0.1) is 0 Å². The van der Waals surface area contributed by atoms with Crippen molar-refractivity contribution in [2.24, 2.45) is 10.9 Å². The zero-order chi connectivity index (χ0) is 22.1. The minimum absolute atomic E-state index is 0.152. The molecule has 0 saturated carbocycles. The molecule has 2 aliphatic heterocycles. The number of aliphatic imine (C=N–C) groups is 1. The van der Waals surface area contributed by atoms with Gasteiger partial charge in [0.05, 0.1) is 13.2 Å². The van der Waals surface area contributed by atoms with E-state index < -0.39 is 0 Å². The van der Waals surface area contributed by atoms with E-state index in [1.165, 1.54) is 6.42 Å². The fourth-order valence-electron chi connectivity index (χ4n) is 4.35. The lowest BCUT2D eigenvalue weighted by atomic mass is 10.0. The van der Waals surface area contributed by atoms with Crippen LogP contribution in [-0.2, 0) is 11.3 Å². The van der Waals surface area contributed by atoms with Crippen molar-refractivity contribution in [2.75, 3.05) is 53.0 Å². The number of hydrogen-bond donors (Lipinski definition) is 2. The number of carbonyl (C=O) groups excluding carboxylic acids is 1. The van der Waals surface area contributed by atoms with Gasteiger partial charge in [0.2, 0.25) is 0 Å². The molecule has 0 spiro atoms. The Hall–Kier alpha value is -2.12. The number of ether oxygens (including phenoxy) is 1. The highest BCUT2D eigenvalue weighted by molar-refractivity contribution is 5.94. The molecule has 0 aromatic heterocycles. The Balaban J connectivity index is 1.47. The highest BCUT2D eigenvalue weighted by atomic mass is 16.5. The molecule has 31 heavy (non-hydrogen) atoms. The van der Waals surface area contributed by atoms with E-state index >= 15 is 0 Å². The maximum Gasteiger partial charge on any atom is 0.253 e. The van der Waals surface area contributed by atoms with Gasteiger partial charge in [-0.1, -0.05) is 26.0 Å². The van der Waals surface area contributed by atoms with E-state index in [9.17, 15) is 4.79 Å². The fourth-order valence-corrected chi connectivity index (χ4v) is 4.35. The zero-order valence-electron chi connectivity index (χ0n) is 19.4. The van der Waals surface area contributed by atoms with Gasteiger partial charge < -0.3 is 20.3 Å². The van der Waals surface area contributed by atoms with Crippen molar-refractivity contribution in [3.63, 3.8) is 0 Å². The third kappa shape index (κ3) is 6.94. The van der Waals surface area contributed by atoms with Gasteiger partial charge in [-0.2, -0.15) is 0 Å². The van der Waals surface area contributed by atoms with Crippen molar-refractivity contribution in [3.05, 3.63) is 35.4 Å². The molecule has 0 radical (unpaired) electrons. The maximum absolute atomic E-state index is 12.6. The number of carbonyl (C=O) groups is 1. The molecule has 2 fully saturated rings. The first-order chi connectivity index (χ1) is 15.1.